The Morgan fingerprint density at radius 3 is 2.41 bits per heavy atom. The van der Waals surface area contributed by atoms with Crippen molar-refractivity contribution in [3.8, 4) is 11.5 Å². The summed E-state index contributed by atoms with van der Waals surface area (Å²) in [5.41, 5.74) is 0.744. The van der Waals surface area contributed by atoms with Crippen molar-refractivity contribution in [1.82, 2.24) is 0 Å². The van der Waals surface area contributed by atoms with Crippen LogP contribution in [-0.4, -0.2) is 13.2 Å². The lowest BCUT2D eigenvalue weighted by Gasteiger charge is -2.18. The Labute approximate surface area is 127 Å². The molecule has 3 nitrogen and oxygen atoms in total. The fraction of sp³-hybridized carbons (Fsp3) is 0.294. The quantitative estimate of drug-likeness (QED) is 0.917. The van der Waals surface area contributed by atoms with E-state index in [1.807, 2.05) is 6.07 Å². The maximum Gasteiger partial charge on any atom is 0.163 e. The van der Waals surface area contributed by atoms with Gasteiger partial charge in [-0.2, -0.15) is 0 Å². The summed E-state index contributed by atoms with van der Waals surface area (Å²) >= 11 is 0. The maximum atomic E-state index is 13.8. The van der Waals surface area contributed by atoms with E-state index in [2.05, 4.69) is 5.32 Å². The highest BCUT2D eigenvalue weighted by Gasteiger charge is 2.17. The molecule has 0 saturated carbocycles. The Bertz CT molecular complexity index is 655. The van der Waals surface area contributed by atoms with Crippen molar-refractivity contribution in [2.24, 2.45) is 0 Å². The molecule has 1 N–H and O–H groups in total. The third-order valence-electron chi connectivity index (χ3n) is 3.56. The lowest BCUT2D eigenvalue weighted by atomic mass is 10.1. The number of hydrogen-bond donors (Lipinski definition) is 1. The third kappa shape index (κ3) is 2.98. The van der Waals surface area contributed by atoms with Crippen molar-refractivity contribution in [3.05, 3.63) is 53.6 Å². The van der Waals surface area contributed by atoms with Crippen LogP contribution in [0.3, 0.4) is 0 Å². The van der Waals surface area contributed by atoms with Gasteiger partial charge < -0.3 is 14.8 Å². The first kappa shape index (κ1) is 14.6. The number of benzene rings is 2. The average molecular weight is 305 g/mol. The van der Waals surface area contributed by atoms with E-state index in [-0.39, 0.29) is 5.56 Å². The monoisotopic (exact) mass is 305 g/mol. The number of fused-ring (bicyclic) bond motifs is 1. The molecule has 22 heavy (non-hydrogen) atoms. The van der Waals surface area contributed by atoms with Gasteiger partial charge in [0, 0.05) is 23.7 Å². The molecule has 0 fully saturated rings. The summed E-state index contributed by atoms with van der Waals surface area (Å²) in [4.78, 5) is 0. The molecule has 5 heteroatoms. The molecule has 3 rings (SSSR count). The smallest absolute Gasteiger partial charge is 0.163 e. The van der Waals surface area contributed by atoms with Gasteiger partial charge in [0.15, 0.2) is 11.5 Å². The van der Waals surface area contributed by atoms with Crippen LogP contribution in [0.2, 0.25) is 0 Å². The first-order valence-electron chi connectivity index (χ1n) is 7.25. The van der Waals surface area contributed by atoms with Crippen molar-refractivity contribution in [2.75, 3.05) is 18.5 Å². The zero-order chi connectivity index (χ0) is 15.5. The van der Waals surface area contributed by atoms with Crippen LogP contribution in [0, 0.1) is 11.6 Å². The minimum atomic E-state index is -0.561. The highest BCUT2D eigenvalue weighted by Crippen LogP contribution is 2.34. The van der Waals surface area contributed by atoms with Crippen LogP contribution in [0.4, 0.5) is 14.5 Å². The van der Waals surface area contributed by atoms with E-state index < -0.39 is 17.7 Å². The molecule has 1 aliphatic rings. The summed E-state index contributed by atoms with van der Waals surface area (Å²) < 4.78 is 38.8. The van der Waals surface area contributed by atoms with E-state index in [1.54, 1.807) is 19.1 Å². The van der Waals surface area contributed by atoms with Crippen molar-refractivity contribution in [3.63, 3.8) is 0 Å². The number of nitrogens with one attached hydrogen (secondary N) is 1. The Morgan fingerprint density at radius 1 is 1.00 bits per heavy atom. The molecular weight excluding hydrogens is 288 g/mol. The second-order valence-corrected chi connectivity index (χ2v) is 5.21. The van der Waals surface area contributed by atoms with Crippen LogP contribution in [0.1, 0.15) is 24.9 Å². The summed E-state index contributed by atoms with van der Waals surface area (Å²) in [6.07, 6.45) is 0.828. The van der Waals surface area contributed by atoms with Gasteiger partial charge in [-0.25, -0.2) is 8.78 Å². The van der Waals surface area contributed by atoms with Gasteiger partial charge in [0.2, 0.25) is 0 Å². The number of hydrogen-bond acceptors (Lipinski definition) is 3. The van der Waals surface area contributed by atoms with Crippen LogP contribution in [0.5, 0.6) is 11.5 Å². The lowest BCUT2D eigenvalue weighted by Crippen LogP contribution is -2.11. The number of anilines is 1. The third-order valence-corrected chi connectivity index (χ3v) is 3.56. The van der Waals surface area contributed by atoms with Crippen molar-refractivity contribution >= 4 is 5.69 Å². The van der Waals surface area contributed by atoms with E-state index in [0.29, 0.717) is 24.7 Å². The highest BCUT2D eigenvalue weighted by molar-refractivity contribution is 5.56. The predicted molar refractivity (Wildman–Crippen MR) is 80.4 cm³/mol. The largest absolute Gasteiger partial charge is 0.490 e. The van der Waals surface area contributed by atoms with Gasteiger partial charge in [-0.05, 0) is 31.2 Å². The average Bonchev–Trinajstić information content (AvgIpc) is 2.72. The molecule has 116 valence electrons. The van der Waals surface area contributed by atoms with Crippen LogP contribution in [0.15, 0.2) is 36.4 Å². The molecule has 0 bridgehead atoms. The SMILES string of the molecule is CC(Nc1ccc2c(c1)OCCCO2)c1c(F)cccc1F. The Kier molecular flexibility index (Phi) is 4.13. The lowest BCUT2D eigenvalue weighted by molar-refractivity contribution is 0.297. The second-order valence-electron chi connectivity index (χ2n) is 5.21. The number of ether oxygens (including phenoxy) is 2. The van der Waals surface area contributed by atoms with Crippen LogP contribution in [0.25, 0.3) is 0 Å². The number of halogens is 2. The molecule has 0 radical (unpaired) electrons. The standard InChI is InChI=1S/C17H17F2NO2/c1-11(17-13(18)4-2-5-14(17)19)20-12-6-7-15-16(10-12)22-9-3-8-21-15/h2,4-7,10-11,20H,3,8-9H2,1H3. The zero-order valence-corrected chi connectivity index (χ0v) is 12.2. The Hall–Kier alpha value is -2.30. The molecule has 0 amide bonds. The van der Waals surface area contributed by atoms with Gasteiger partial charge in [-0.3, -0.25) is 0 Å². The van der Waals surface area contributed by atoms with Crippen molar-refractivity contribution in [1.29, 1.82) is 0 Å². The number of rotatable bonds is 3. The molecule has 0 saturated heterocycles. The van der Waals surface area contributed by atoms with Gasteiger partial charge >= 0.3 is 0 Å². The molecule has 0 spiro atoms. The van der Waals surface area contributed by atoms with E-state index in [1.165, 1.54) is 18.2 Å². The second kappa shape index (κ2) is 6.22. The van der Waals surface area contributed by atoms with E-state index in [9.17, 15) is 8.78 Å². The molecule has 1 aliphatic heterocycles. The molecular formula is C17H17F2NO2. The van der Waals surface area contributed by atoms with Gasteiger partial charge in [0.05, 0.1) is 19.3 Å². The van der Waals surface area contributed by atoms with E-state index >= 15 is 0 Å². The highest BCUT2D eigenvalue weighted by atomic mass is 19.1. The summed E-state index contributed by atoms with van der Waals surface area (Å²) in [5, 5.41) is 3.09. The zero-order valence-electron chi connectivity index (χ0n) is 12.2. The molecule has 2 aromatic carbocycles. The Balaban J connectivity index is 1.82. The topological polar surface area (TPSA) is 30.5 Å². The Morgan fingerprint density at radius 2 is 1.68 bits per heavy atom. The van der Waals surface area contributed by atoms with Gasteiger partial charge in [0.1, 0.15) is 11.6 Å². The normalized spacial score (nSPS) is 15.0. The van der Waals surface area contributed by atoms with Crippen LogP contribution >= 0.6 is 0 Å². The fourth-order valence-corrected chi connectivity index (χ4v) is 2.50. The molecule has 1 heterocycles. The summed E-state index contributed by atoms with van der Waals surface area (Å²) in [6.45, 7) is 2.93. The summed E-state index contributed by atoms with van der Waals surface area (Å²) in [7, 11) is 0. The molecule has 1 unspecified atom stereocenters. The van der Waals surface area contributed by atoms with Crippen molar-refractivity contribution in [2.45, 2.75) is 19.4 Å². The molecule has 2 aromatic rings. The minimum Gasteiger partial charge on any atom is -0.490 e. The van der Waals surface area contributed by atoms with Crippen LogP contribution in [-0.2, 0) is 0 Å². The van der Waals surface area contributed by atoms with Gasteiger partial charge in [-0.1, -0.05) is 6.07 Å². The maximum absolute atomic E-state index is 13.8. The van der Waals surface area contributed by atoms with E-state index in [4.69, 9.17) is 9.47 Å². The first-order chi connectivity index (χ1) is 10.6. The van der Waals surface area contributed by atoms with Gasteiger partial charge in [0.25, 0.3) is 0 Å². The van der Waals surface area contributed by atoms with E-state index in [0.717, 1.165) is 12.1 Å². The van der Waals surface area contributed by atoms with Crippen molar-refractivity contribution < 1.29 is 18.3 Å². The summed E-state index contributed by atoms with van der Waals surface area (Å²) in [6, 6.07) is 8.75. The fourth-order valence-electron chi connectivity index (χ4n) is 2.50. The van der Waals surface area contributed by atoms with Crippen LogP contribution < -0.4 is 14.8 Å². The minimum absolute atomic E-state index is 0.0228. The predicted octanol–water partition coefficient (Wildman–Crippen LogP) is 4.30. The summed E-state index contributed by atoms with van der Waals surface area (Å²) in [5.74, 6) is 0.208. The molecule has 0 aromatic heterocycles. The molecule has 1 atom stereocenters. The molecule has 0 aliphatic carbocycles. The van der Waals surface area contributed by atoms with Gasteiger partial charge in [-0.15, -0.1) is 0 Å². The first-order valence-corrected chi connectivity index (χ1v) is 7.25.